The molecular formula is C20H16Cl2N4OS. The number of nitriles is 1. The van der Waals surface area contributed by atoms with Crippen LogP contribution in [0.3, 0.4) is 0 Å². The van der Waals surface area contributed by atoms with Crippen LogP contribution in [-0.2, 0) is 10.5 Å². The first-order valence-corrected chi connectivity index (χ1v) is 10.3. The van der Waals surface area contributed by atoms with Gasteiger partial charge in [-0.05, 0) is 37.3 Å². The number of aryl methyl sites for hydroxylation is 1. The molecule has 28 heavy (non-hydrogen) atoms. The number of anilines is 1. The minimum Gasteiger partial charge on any atom is -0.325 e. The number of aromatic nitrogens is 2. The van der Waals surface area contributed by atoms with Crippen molar-refractivity contribution in [2.75, 3.05) is 11.1 Å². The summed E-state index contributed by atoms with van der Waals surface area (Å²) in [6.07, 6.45) is 0. The van der Waals surface area contributed by atoms with Crippen molar-refractivity contribution in [3.05, 3.63) is 75.5 Å². The standard InChI is InChI=1S/C20H16Cl2N4OS/c1-13-18(10-23)19(26(25-13)17-5-3-2-4-6-17)11-28-12-20(27)24-16-8-14(21)7-15(22)9-16/h2-9H,11-12H2,1H3,(H,24,27). The molecule has 1 amide bonds. The van der Waals surface area contributed by atoms with Crippen LogP contribution in [0.5, 0.6) is 0 Å². The molecule has 8 heteroatoms. The zero-order valence-corrected chi connectivity index (χ0v) is 17.3. The lowest BCUT2D eigenvalue weighted by Crippen LogP contribution is -2.14. The van der Waals surface area contributed by atoms with Gasteiger partial charge in [0.1, 0.15) is 6.07 Å². The molecule has 0 aliphatic carbocycles. The fourth-order valence-corrected chi connectivity index (χ4v) is 4.05. The maximum absolute atomic E-state index is 12.2. The summed E-state index contributed by atoms with van der Waals surface area (Å²) in [4.78, 5) is 12.2. The molecular weight excluding hydrogens is 415 g/mol. The molecule has 0 bridgehead atoms. The van der Waals surface area contributed by atoms with Crippen LogP contribution in [0.2, 0.25) is 10.0 Å². The van der Waals surface area contributed by atoms with Gasteiger partial charge in [-0.15, -0.1) is 11.8 Å². The summed E-state index contributed by atoms with van der Waals surface area (Å²) in [5.74, 6) is 0.514. The summed E-state index contributed by atoms with van der Waals surface area (Å²) in [6, 6.07) is 16.7. The third kappa shape index (κ3) is 4.87. The van der Waals surface area contributed by atoms with Gasteiger partial charge in [0.2, 0.25) is 5.91 Å². The summed E-state index contributed by atoms with van der Waals surface area (Å²) < 4.78 is 1.76. The van der Waals surface area contributed by atoms with E-state index < -0.39 is 0 Å². The first kappa shape index (κ1) is 20.3. The normalized spacial score (nSPS) is 10.5. The molecule has 0 aliphatic rings. The molecule has 0 fully saturated rings. The van der Waals surface area contributed by atoms with E-state index >= 15 is 0 Å². The van der Waals surface area contributed by atoms with Crippen molar-refractivity contribution in [3.63, 3.8) is 0 Å². The second-order valence-electron chi connectivity index (χ2n) is 5.97. The molecule has 1 aromatic heterocycles. The van der Waals surface area contributed by atoms with E-state index in [0.717, 1.165) is 11.4 Å². The number of carbonyl (C=O) groups is 1. The van der Waals surface area contributed by atoms with E-state index in [1.54, 1.807) is 22.9 Å². The smallest absolute Gasteiger partial charge is 0.234 e. The summed E-state index contributed by atoms with van der Waals surface area (Å²) in [5.41, 5.74) is 3.40. The monoisotopic (exact) mass is 430 g/mol. The quantitative estimate of drug-likeness (QED) is 0.580. The van der Waals surface area contributed by atoms with E-state index in [-0.39, 0.29) is 11.7 Å². The van der Waals surface area contributed by atoms with Crippen molar-refractivity contribution < 1.29 is 4.79 Å². The Hall–Kier alpha value is -2.46. The molecule has 3 aromatic rings. The molecule has 0 spiro atoms. The van der Waals surface area contributed by atoms with E-state index in [2.05, 4.69) is 16.5 Å². The van der Waals surface area contributed by atoms with Gasteiger partial charge in [0.15, 0.2) is 0 Å². The van der Waals surface area contributed by atoms with Gasteiger partial charge in [0.25, 0.3) is 0 Å². The van der Waals surface area contributed by atoms with Crippen LogP contribution in [0.4, 0.5) is 5.69 Å². The SMILES string of the molecule is Cc1nn(-c2ccccc2)c(CSCC(=O)Nc2cc(Cl)cc(Cl)c2)c1C#N. The number of nitrogens with one attached hydrogen (secondary N) is 1. The number of hydrogen-bond donors (Lipinski definition) is 1. The van der Waals surface area contributed by atoms with Gasteiger partial charge >= 0.3 is 0 Å². The topological polar surface area (TPSA) is 70.7 Å². The van der Waals surface area contributed by atoms with Crippen molar-refractivity contribution in [2.45, 2.75) is 12.7 Å². The Morgan fingerprint density at radius 1 is 1.21 bits per heavy atom. The Morgan fingerprint density at radius 2 is 1.89 bits per heavy atom. The predicted molar refractivity (Wildman–Crippen MR) is 114 cm³/mol. The second-order valence-corrected chi connectivity index (χ2v) is 7.82. The number of para-hydroxylation sites is 1. The maximum atomic E-state index is 12.2. The van der Waals surface area contributed by atoms with Crippen molar-refractivity contribution >= 4 is 46.6 Å². The molecule has 0 saturated carbocycles. The van der Waals surface area contributed by atoms with Crippen molar-refractivity contribution in [3.8, 4) is 11.8 Å². The molecule has 3 rings (SSSR count). The lowest BCUT2D eigenvalue weighted by atomic mass is 10.2. The minimum atomic E-state index is -0.177. The van der Waals surface area contributed by atoms with Crippen molar-refractivity contribution in [1.82, 2.24) is 9.78 Å². The zero-order valence-electron chi connectivity index (χ0n) is 14.9. The summed E-state index contributed by atoms with van der Waals surface area (Å²) >= 11 is 13.3. The number of halogens is 2. The van der Waals surface area contributed by atoms with E-state index in [0.29, 0.717) is 32.7 Å². The molecule has 142 valence electrons. The second kappa shape index (κ2) is 9.16. The summed E-state index contributed by atoms with van der Waals surface area (Å²) in [6.45, 7) is 1.81. The van der Waals surface area contributed by atoms with Crippen molar-refractivity contribution in [1.29, 1.82) is 5.26 Å². The Balaban J connectivity index is 1.69. The highest BCUT2D eigenvalue weighted by Gasteiger charge is 2.17. The number of thioether (sulfide) groups is 1. The lowest BCUT2D eigenvalue weighted by molar-refractivity contribution is -0.113. The third-order valence-corrected chi connectivity index (χ3v) is 5.27. The van der Waals surface area contributed by atoms with Gasteiger partial charge in [0, 0.05) is 21.5 Å². The van der Waals surface area contributed by atoms with Crippen LogP contribution in [0.25, 0.3) is 5.69 Å². The Morgan fingerprint density at radius 3 is 2.54 bits per heavy atom. The van der Waals surface area contributed by atoms with Crippen LogP contribution in [0, 0.1) is 18.3 Å². The van der Waals surface area contributed by atoms with Crippen LogP contribution >= 0.6 is 35.0 Å². The minimum absolute atomic E-state index is 0.177. The van der Waals surface area contributed by atoms with Gasteiger partial charge in [-0.1, -0.05) is 41.4 Å². The molecule has 0 saturated heterocycles. The number of hydrogen-bond acceptors (Lipinski definition) is 4. The van der Waals surface area contributed by atoms with Crippen LogP contribution < -0.4 is 5.32 Å². The Labute approximate surface area is 177 Å². The number of nitrogens with zero attached hydrogens (tertiary/aromatic N) is 3. The first-order chi connectivity index (χ1) is 13.5. The zero-order chi connectivity index (χ0) is 20.1. The van der Waals surface area contributed by atoms with E-state index in [4.69, 9.17) is 23.2 Å². The van der Waals surface area contributed by atoms with E-state index in [1.807, 2.05) is 37.3 Å². The van der Waals surface area contributed by atoms with Crippen LogP contribution in [-0.4, -0.2) is 21.4 Å². The van der Waals surface area contributed by atoms with Crippen LogP contribution in [0.1, 0.15) is 17.0 Å². The molecule has 0 atom stereocenters. The van der Waals surface area contributed by atoms with E-state index in [9.17, 15) is 10.1 Å². The van der Waals surface area contributed by atoms with Gasteiger partial charge < -0.3 is 5.32 Å². The van der Waals surface area contributed by atoms with Gasteiger partial charge in [-0.3, -0.25) is 4.79 Å². The predicted octanol–water partition coefficient (Wildman–Crippen LogP) is 5.23. The summed E-state index contributed by atoms with van der Waals surface area (Å²) in [7, 11) is 0. The van der Waals surface area contributed by atoms with Gasteiger partial charge in [-0.2, -0.15) is 10.4 Å². The lowest BCUT2D eigenvalue weighted by Gasteiger charge is -2.09. The number of amides is 1. The number of benzene rings is 2. The Kier molecular flexibility index (Phi) is 6.63. The summed E-state index contributed by atoms with van der Waals surface area (Å²) in [5, 5.41) is 17.7. The average Bonchev–Trinajstić information content (AvgIpc) is 2.97. The molecule has 2 aromatic carbocycles. The maximum Gasteiger partial charge on any atom is 0.234 e. The highest BCUT2D eigenvalue weighted by Crippen LogP contribution is 2.24. The highest BCUT2D eigenvalue weighted by atomic mass is 35.5. The highest BCUT2D eigenvalue weighted by molar-refractivity contribution is 7.99. The largest absolute Gasteiger partial charge is 0.325 e. The third-order valence-electron chi connectivity index (χ3n) is 3.89. The molecule has 1 N–H and O–H groups in total. The van der Waals surface area contributed by atoms with E-state index in [1.165, 1.54) is 11.8 Å². The van der Waals surface area contributed by atoms with Crippen LogP contribution in [0.15, 0.2) is 48.5 Å². The fourth-order valence-electron chi connectivity index (χ4n) is 2.70. The molecule has 0 radical (unpaired) electrons. The molecule has 0 unspecified atom stereocenters. The molecule has 1 heterocycles. The number of rotatable bonds is 6. The Bertz CT molecular complexity index is 1020. The van der Waals surface area contributed by atoms with Gasteiger partial charge in [-0.25, -0.2) is 4.68 Å². The first-order valence-electron chi connectivity index (χ1n) is 8.35. The number of carbonyl (C=O) groups excluding carboxylic acids is 1. The van der Waals surface area contributed by atoms with Crippen molar-refractivity contribution in [2.24, 2.45) is 0 Å². The average molecular weight is 431 g/mol. The molecule has 0 aliphatic heterocycles. The molecule has 5 nitrogen and oxygen atoms in total. The fraction of sp³-hybridized carbons (Fsp3) is 0.150. The van der Waals surface area contributed by atoms with Gasteiger partial charge in [0.05, 0.1) is 28.4 Å².